The normalized spacial score (nSPS) is 13.6. The topological polar surface area (TPSA) is 34.1 Å². The minimum atomic E-state index is -0.280. The number of ketones is 1. The van der Waals surface area contributed by atoms with Gasteiger partial charge in [0.1, 0.15) is 12.1 Å². The van der Waals surface area contributed by atoms with Crippen LogP contribution in [0.5, 0.6) is 0 Å². The van der Waals surface area contributed by atoms with Gasteiger partial charge in [-0.05, 0) is 55.2 Å². The molecule has 0 bridgehead atoms. The van der Waals surface area contributed by atoms with Crippen molar-refractivity contribution in [3.63, 3.8) is 0 Å². The molecule has 2 nitrogen and oxygen atoms in total. The maximum atomic E-state index is 12.1. The third-order valence-electron chi connectivity index (χ3n) is 5.69. The van der Waals surface area contributed by atoms with Gasteiger partial charge in [-0.1, -0.05) is 64.5 Å². The highest BCUT2D eigenvalue weighted by atomic mass is 32.1. The number of hydrogen-bond donors (Lipinski definition) is 1. The Balaban J connectivity index is 3.12. The minimum absolute atomic E-state index is 0.175. The Bertz CT molecular complexity index is 759. The van der Waals surface area contributed by atoms with E-state index >= 15 is 0 Å². The van der Waals surface area contributed by atoms with E-state index in [9.17, 15) is 9.59 Å². The van der Waals surface area contributed by atoms with E-state index in [1.807, 2.05) is 33.8 Å². The molecule has 0 aliphatic heterocycles. The second kappa shape index (κ2) is 10.2. The summed E-state index contributed by atoms with van der Waals surface area (Å²) in [5, 5.41) is 0. The summed E-state index contributed by atoms with van der Waals surface area (Å²) in [5.41, 5.74) is 3.59. The summed E-state index contributed by atoms with van der Waals surface area (Å²) in [7, 11) is 0. The molecular weight excluding hydrogens is 364 g/mol. The molecule has 154 valence electrons. The van der Waals surface area contributed by atoms with E-state index in [1.165, 1.54) is 5.56 Å². The average molecular weight is 401 g/mol. The number of aldehydes is 1. The van der Waals surface area contributed by atoms with Crippen LogP contribution in [0.3, 0.4) is 0 Å². The van der Waals surface area contributed by atoms with Crippen molar-refractivity contribution in [2.45, 2.75) is 79.6 Å². The van der Waals surface area contributed by atoms with Crippen LogP contribution >= 0.6 is 12.6 Å². The zero-order valence-electron chi connectivity index (χ0n) is 18.6. The molecule has 0 aliphatic carbocycles. The number of hydrogen-bond acceptors (Lipinski definition) is 3. The molecule has 0 fully saturated rings. The molecule has 0 aromatic heterocycles. The van der Waals surface area contributed by atoms with Gasteiger partial charge in [-0.15, -0.1) is 12.6 Å². The molecule has 0 heterocycles. The Labute approximate surface area is 176 Å². The van der Waals surface area contributed by atoms with E-state index in [1.54, 1.807) is 0 Å². The number of rotatable bonds is 9. The van der Waals surface area contributed by atoms with Gasteiger partial charge in [-0.2, -0.15) is 0 Å². The molecule has 3 heteroatoms. The van der Waals surface area contributed by atoms with E-state index in [4.69, 9.17) is 12.6 Å². The molecule has 1 aromatic carbocycles. The second-order valence-corrected chi connectivity index (χ2v) is 9.15. The largest absolute Gasteiger partial charge is 0.299 e. The van der Waals surface area contributed by atoms with Crippen LogP contribution in [0.4, 0.5) is 0 Å². The lowest BCUT2D eigenvalue weighted by molar-refractivity contribution is -0.126. The first-order chi connectivity index (χ1) is 13.0. The lowest BCUT2D eigenvalue weighted by Gasteiger charge is -2.33. The summed E-state index contributed by atoms with van der Waals surface area (Å²) < 4.78 is 0. The van der Waals surface area contributed by atoms with Crippen LogP contribution in [0.25, 0.3) is 0 Å². The second-order valence-electron chi connectivity index (χ2n) is 8.67. The third-order valence-corrected chi connectivity index (χ3v) is 6.24. The Hall–Kier alpha value is -1.61. The molecule has 0 spiro atoms. The predicted molar refractivity (Wildman–Crippen MR) is 123 cm³/mol. The van der Waals surface area contributed by atoms with Crippen molar-refractivity contribution < 1.29 is 9.59 Å². The van der Waals surface area contributed by atoms with Crippen LogP contribution in [0.1, 0.15) is 88.7 Å². The maximum Gasteiger partial charge on any atom is 0.150 e. The molecule has 0 saturated carbocycles. The smallest absolute Gasteiger partial charge is 0.150 e. The molecule has 28 heavy (non-hydrogen) atoms. The molecule has 0 amide bonds. The van der Waals surface area contributed by atoms with Crippen molar-refractivity contribution in [1.82, 2.24) is 0 Å². The number of allylic oxidation sites excluding steroid dienone is 4. The van der Waals surface area contributed by atoms with Gasteiger partial charge in [0.15, 0.2) is 0 Å². The van der Waals surface area contributed by atoms with Gasteiger partial charge in [0.25, 0.3) is 0 Å². The molecule has 0 atom stereocenters. The van der Waals surface area contributed by atoms with E-state index < -0.39 is 0 Å². The zero-order chi connectivity index (χ0) is 21.5. The fourth-order valence-electron chi connectivity index (χ4n) is 3.49. The SMILES string of the molecule is CCC(CC)(/C(S)=C/C(C)=C/CCC(=O)C(C)(C)C)c1ccc(C=O)c(C)c1. The Morgan fingerprint density at radius 1 is 1.14 bits per heavy atom. The number of thiol groups is 1. The van der Waals surface area contributed by atoms with E-state index in [0.29, 0.717) is 6.42 Å². The fraction of sp³-hybridized carbons (Fsp3) is 0.520. The number of benzene rings is 1. The van der Waals surface area contributed by atoms with Crippen molar-refractivity contribution in [3.05, 3.63) is 57.5 Å². The van der Waals surface area contributed by atoms with Gasteiger partial charge < -0.3 is 0 Å². The third kappa shape index (κ3) is 5.94. The first-order valence-corrected chi connectivity index (χ1v) is 10.6. The molecule has 1 aromatic rings. The Kier molecular flexibility index (Phi) is 8.94. The van der Waals surface area contributed by atoms with E-state index in [-0.39, 0.29) is 16.6 Å². The minimum Gasteiger partial charge on any atom is -0.299 e. The van der Waals surface area contributed by atoms with Crippen LogP contribution in [0, 0.1) is 12.3 Å². The molecule has 0 radical (unpaired) electrons. The van der Waals surface area contributed by atoms with Crippen molar-refractivity contribution in [2.24, 2.45) is 5.41 Å². The Morgan fingerprint density at radius 2 is 1.75 bits per heavy atom. The summed E-state index contributed by atoms with van der Waals surface area (Å²) in [6, 6.07) is 6.07. The highest BCUT2D eigenvalue weighted by molar-refractivity contribution is 7.84. The van der Waals surface area contributed by atoms with Crippen molar-refractivity contribution in [2.75, 3.05) is 0 Å². The van der Waals surface area contributed by atoms with Crippen molar-refractivity contribution in [3.8, 4) is 0 Å². The van der Waals surface area contributed by atoms with E-state index in [0.717, 1.165) is 47.2 Å². The molecule has 1 rings (SSSR count). The van der Waals surface area contributed by atoms with Crippen molar-refractivity contribution >= 4 is 24.7 Å². The van der Waals surface area contributed by atoms with Crippen LogP contribution in [-0.4, -0.2) is 12.1 Å². The van der Waals surface area contributed by atoms with Crippen LogP contribution in [-0.2, 0) is 10.2 Å². The number of Topliss-reactive ketones (excluding diaryl/α,β-unsaturated/α-hetero) is 1. The summed E-state index contributed by atoms with van der Waals surface area (Å²) in [6.07, 6.45) is 8.32. The van der Waals surface area contributed by atoms with Gasteiger partial charge in [0, 0.05) is 22.8 Å². The summed E-state index contributed by atoms with van der Waals surface area (Å²) in [4.78, 5) is 24.3. The summed E-state index contributed by atoms with van der Waals surface area (Å²) >= 11 is 4.90. The first-order valence-electron chi connectivity index (χ1n) is 10.2. The number of carbonyl (C=O) groups excluding carboxylic acids is 2. The van der Waals surface area contributed by atoms with Gasteiger partial charge in [0.05, 0.1) is 0 Å². The first kappa shape index (κ1) is 24.4. The monoisotopic (exact) mass is 400 g/mol. The lowest BCUT2D eigenvalue weighted by Crippen LogP contribution is -2.25. The van der Waals surface area contributed by atoms with Crippen molar-refractivity contribution in [1.29, 1.82) is 0 Å². The summed E-state index contributed by atoms with van der Waals surface area (Å²) in [5.74, 6) is 0.286. The predicted octanol–water partition coefficient (Wildman–Crippen LogP) is 7.02. The Morgan fingerprint density at radius 3 is 2.21 bits per heavy atom. The number of carbonyl (C=O) groups is 2. The molecule has 0 aliphatic rings. The molecular formula is C25H36O2S. The van der Waals surface area contributed by atoms with Crippen LogP contribution < -0.4 is 0 Å². The fourth-order valence-corrected chi connectivity index (χ4v) is 4.14. The highest BCUT2D eigenvalue weighted by Crippen LogP contribution is 2.41. The summed E-state index contributed by atoms with van der Waals surface area (Å²) in [6.45, 7) is 14.3. The quantitative estimate of drug-likeness (QED) is 0.274. The highest BCUT2D eigenvalue weighted by Gasteiger charge is 2.31. The van der Waals surface area contributed by atoms with Gasteiger partial charge in [-0.25, -0.2) is 0 Å². The average Bonchev–Trinajstić information content (AvgIpc) is 2.62. The number of aryl methyl sites for hydroxylation is 1. The molecule has 0 N–H and O–H groups in total. The zero-order valence-corrected chi connectivity index (χ0v) is 19.5. The molecule has 0 unspecified atom stereocenters. The molecule has 0 saturated heterocycles. The van der Waals surface area contributed by atoms with E-state index in [2.05, 4.69) is 45.1 Å². The standard InChI is InChI=1S/C25H36O2S/c1-8-25(9-2,21-14-13-20(17-26)19(4)16-21)23(28)15-18(3)11-10-12-22(27)24(5,6)7/h11,13-17,28H,8-10,12H2,1-7H3/b18-11+,23-15-. The van der Waals surface area contributed by atoms with Gasteiger partial charge in [0.2, 0.25) is 0 Å². The lowest BCUT2D eigenvalue weighted by atomic mass is 9.74. The van der Waals surface area contributed by atoms with Gasteiger partial charge in [-0.3, -0.25) is 9.59 Å². The van der Waals surface area contributed by atoms with Crippen LogP contribution in [0.2, 0.25) is 0 Å². The maximum absolute atomic E-state index is 12.1. The van der Waals surface area contributed by atoms with Gasteiger partial charge >= 0.3 is 0 Å². The van der Waals surface area contributed by atoms with Crippen LogP contribution in [0.15, 0.2) is 40.8 Å².